The van der Waals surface area contributed by atoms with E-state index in [1.165, 1.54) is 0 Å². The van der Waals surface area contributed by atoms with E-state index in [1.807, 2.05) is 18.2 Å². The second-order valence-electron chi connectivity index (χ2n) is 5.29. The van der Waals surface area contributed by atoms with Crippen LogP contribution in [0.25, 0.3) is 10.8 Å². The Kier molecular flexibility index (Phi) is 4.14. The highest BCUT2D eigenvalue weighted by Crippen LogP contribution is 2.54. The number of carbonyl (C=O) groups is 1. The lowest BCUT2D eigenvalue weighted by molar-refractivity contribution is 0.0978. The molecule has 5 heteroatoms. The van der Waals surface area contributed by atoms with E-state index in [9.17, 15) is 19.1 Å². The Bertz CT molecular complexity index is 894. The van der Waals surface area contributed by atoms with E-state index in [1.54, 1.807) is 54.6 Å². The van der Waals surface area contributed by atoms with Crippen LogP contribution in [0.15, 0.2) is 72.8 Å². The molecule has 0 amide bonds. The van der Waals surface area contributed by atoms with Gasteiger partial charge in [-0.1, -0.05) is 72.8 Å². The first-order valence-electron chi connectivity index (χ1n) is 7.10. The van der Waals surface area contributed by atoms with E-state index in [2.05, 4.69) is 0 Å². The lowest BCUT2D eigenvalue weighted by Gasteiger charge is -2.19. The van der Waals surface area contributed by atoms with Gasteiger partial charge in [0, 0.05) is 5.56 Å². The van der Waals surface area contributed by atoms with Crippen LogP contribution in [0.2, 0.25) is 0 Å². The molecular weight excluding hydrogens is 311 g/mol. The van der Waals surface area contributed by atoms with Gasteiger partial charge in [0.1, 0.15) is 5.66 Å². The molecule has 2 N–H and O–H groups in total. The summed E-state index contributed by atoms with van der Waals surface area (Å²) in [6.45, 7) is 0. The topological polar surface area (TPSA) is 74.6 Å². The second-order valence-corrected chi connectivity index (χ2v) is 6.98. The zero-order valence-corrected chi connectivity index (χ0v) is 13.1. The van der Waals surface area contributed by atoms with Crippen molar-refractivity contribution >= 4 is 24.2 Å². The molecule has 1 atom stereocenters. The van der Waals surface area contributed by atoms with Gasteiger partial charge in [-0.15, -0.1) is 0 Å². The van der Waals surface area contributed by atoms with E-state index >= 15 is 0 Å². The van der Waals surface area contributed by atoms with Crippen molar-refractivity contribution in [2.45, 2.75) is 5.66 Å². The minimum Gasteiger partial charge on any atom is -0.324 e. The van der Waals surface area contributed by atoms with Crippen LogP contribution >= 0.6 is 7.60 Å². The molecule has 3 rings (SSSR count). The zero-order chi connectivity index (χ0) is 16.4. The van der Waals surface area contributed by atoms with E-state index in [0.717, 1.165) is 5.39 Å². The smallest absolute Gasteiger partial charge is 0.324 e. The average Bonchev–Trinajstić information content (AvgIpc) is 2.55. The lowest BCUT2D eigenvalue weighted by atomic mass is 9.97. The van der Waals surface area contributed by atoms with Gasteiger partial charge in [0.05, 0.1) is 0 Å². The van der Waals surface area contributed by atoms with Gasteiger partial charge in [-0.3, -0.25) is 9.36 Å². The molecule has 3 aromatic carbocycles. The predicted octanol–water partition coefficient (Wildman–Crippen LogP) is 3.94. The summed E-state index contributed by atoms with van der Waals surface area (Å²) in [5.74, 6) is -0.574. The summed E-state index contributed by atoms with van der Waals surface area (Å²) in [7, 11) is -4.67. The van der Waals surface area contributed by atoms with Crippen LogP contribution in [-0.4, -0.2) is 15.6 Å². The molecule has 0 heterocycles. The number of carbonyl (C=O) groups excluding carboxylic acids is 1. The van der Waals surface area contributed by atoms with E-state index in [0.29, 0.717) is 10.9 Å². The highest BCUT2D eigenvalue weighted by Gasteiger charge is 2.38. The molecule has 0 aliphatic heterocycles. The van der Waals surface area contributed by atoms with Gasteiger partial charge in [-0.25, -0.2) is 0 Å². The first-order valence-corrected chi connectivity index (χ1v) is 8.79. The van der Waals surface area contributed by atoms with Crippen molar-refractivity contribution in [3.63, 3.8) is 0 Å². The maximum Gasteiger partial charge on any atom is 0.340 e. The van der Waals surface area contributed by atoms with Crippen molar-refractivity contribution < 1.29 is 19.1 Å². The lowest BCUT2D eigenvalue weighted by Crippen LogP contribution is -2.14. The van der Waals surface area contributed by atoms with Gasteiger partial charge >= 0.3 is 7.60 Å². The SMILES string of the molecule is O=C(c1ccccc1)C(c1cccc2ccccc12)P(=O)(O)O. The molecule has 0 aliphatic rings. The second kappa shape index (κ2) is 6.09. The molecule has 23 heavy (non-hydrogen) atoms. The summed E-state index contributed by atoms with van der Waals surface area (Å²) in [6.07, 6.45) is 0. The molecule has 0 fully saturated rings. The molecular formula is C18H15O4P. The van der Waals surface area contributed by atoms with Gasteiger partial charge in [-0.05, 0) is 16.3 Å². The molecule has 0 radical (unpaired) electrons. The highest BCUT2D eigenvalue weighted by atomic mass is 31.2. The highest BCUT2D eigenvalue weighted by molar-refractivity contribution is 7.53. The fraction of sp³-hybridized carbons (Fsp3) is 0.0556. The maximum atomic E-state index is 12.7. The Morgan fingerprint density at radius 1 is 0.826 bits per heavy atom. The number of hydrogen-bond donors (Lipinski definition) is 2. The molecule has 116 valence electrons. The van der Waals surface area contributed by atoms with Crippen LogP contribution in [-0.2, 0) is 4.57 Å². The Balaban J connectivity index is 2.21. The predicted molar refractivity (Wildman–Crippen MR) is 89.5 cm³/mol. The average molecular weight is 326 g/mol. The maximum absolute atomic E-state index is 12.7. The molecule has 0 saturated heterocycles. The molecule has 3 aromatic rings. The van der Waals surface area contributed by atoms with Crippen molar-refractivity contribution in [2.75, 3.05) is 0 Å². The molecule has 1 unspecified atom stereocenters. The number of benzene rings is 3. The quantitative estimate of drug-likeness (QED) is 0.562. The number of Topliss-reactive ketones (excluding diaryl/α,β-unsaturated/α-hetero) is 1. The summed E-state index contributed by atoms with van der Waals surface area (Å²) in [4.78, 5) is 32.4. The van der Waals surface area contributed by atoms with Gasteiger partial charge in [0.2, 0.25) is 0 Å². The molecule has 0 spiro atoms. The molecule has 4 nitrogen and oxygen atoms in total. The van der Waals surface area contributed by atoms with Crippen LogP contribution in [0.4, 0.5) is 0 Å². The first kappa shape index (κ1) is 15.6. The van der Waals surface area contributed by atoms with E-state index < -0.39 is 19.0 Å². The molecule has 0 saturated carbocycles. The van der Waals surface area contributed by atoms with Crippen LogP contribution < -0.4 is 0 Å². The van der Waals surface area contributed by atoms with Crippen LogP contribution in [0, 0.1) is 0 Å². The Labute approximate surface area is 133 Å². The standard InChI is InChI=1S/C18H15O4P/c19-17(14-8-2-1-3-9-14)18(23(20,21)22)16-12-6-10-13-7-4-5-11-15(13)16/h1-12,18H,(H2,20,21,22). The number of hydrogen-bond acceptors (Lipinski definition) is 2. The fourth-order valence-electron chi connectivity index (χ4n) is 2.72. The summed E-state index contributed by atoms with van der Waals surface area (Å²) < 4.78 is 12.1. The Hall–Kier alpha value is -2.26. The van der Waals surface area contributed by atoms with Gasteiger partial charge in [-0.2, -0.15) is 0 Å². The number of fused-ring (bicyclic) bond motifs is 1. The Morgan fingerprint density at radius 2 is 1.43 bits per heavy atom. The first-order chi connectivity index (χ1) is 11.0. The molecule has 0 bridgehead atoms. The van der Waals surface area contributed by atoms with Crippen molar-refractivity contribution in [3.8, 4) is 0 Å². The summed E-state index contributed by atoms with van der Waals surface area (Å²) in [5, 5.41) is 1.51. The van der Waals surface area contributed by atoms with Gasteiger partial charge in [0.15, 0.2) is 5.78 Å². The van der Waals surface area contributed by atoms with Crippen LogP contribution in [0.3, 0.4) is 0 Å². The van der Waals surface area contributed by atoms with E-state index in [-0.39, 0.29) is 5.56 Å². The third-order valence-corrected chi connectivity index (χ3v) is 4.95. The number of ketones is 1. The van der Waals surface area contributed by atoms with Crippen molar-refractivity contribution in [1.29, 1.82) is 0 Å². The zero-order valence-electron chi connectivity index (χ0n) is 12.2. The fourth-order valence-corrected chi connectivity index (χ4v) is 3.77. The van der Waals surface area contributed by atoms with Crippen molar-refractivity contribution in [2.24, 2.45) is 0 Å². The minimum atomic E-state index is -4.67. The van der Waals surface area contributed by atoms with Gasteiger partial charge < -0.3 is 9.79 Å². The molecule has 0 aliphatic carbocycles. The Morgan fingerprint density at radius 3 is 2.13 bits per heavy atom. The van der Waals surface area contributed by atoms with E-state index in [4.69, 9.17) is 0 Å². The summed E-state index contributed by atoms with van der Waals surface area (Å²) >= 11 is 0. The number of rotatable bonds is 4. The monoisotopic (exact) mass is 326 g/mol. The van der Waals surface area contributed by atoms with Gasteiger partial charge in [0.25, 0.3) is 0 Å². The largest absolute Gasteiger partial charge is 0.340 e. The van der Waals surface area contributed by atoms with Crippen LogP contribution in [0.5, 0.6) is 0 Å². The third kappa shape index (κ3) is 3.10. The minimum absolute atomic E-state index is 0.286. The van der Waals surface area contributed by atoms with Crippen LogP contribution in [0.1, 0.15) is 21.6 Å². The molecule has 0 aromatic heterocycles. The van der Waals surface area contributed by atoms with Crippen molar-refractivity contribution in [1.82, 2.24) is 0 Å². The summed E-state index contributed by atoms with van der Waals surface area (Å²) in [6, 6.07) is 20.6. The van der Waals surface area contributed by atoms with Crippen molar-refractivity contribution in [3.05, 3.63) is 83.9 Å². The third-order valence-electron chi connectivity index (χ3n) is 3.76. The summed E-state index contributed by atoms with van der Waals surface area (Å²) in [5.41, 5.74) is -0.866. The normalized spacial score (nSPS) is 13.0.